The lowest BCUT2D eigenvalue weighted by Crippen LogP contribution is -2.49. The number of amides is 2. The highest BCUT2D eigenvalue weighted by atomic mass is 32.2. The number of benzene rings is 2. The highest BCUT2D eigenvalue weighted by molar-refractivity contribution is 7.98. The molecule has 3 atom stereocenters. The Morgan fingerprint density at radius 2 is 1.77 bits per heavy atom. The van der Waals surface area contributed by atoms with E-state index in [0.29, 0.717) is 25.2 Å². The van der Waals surface area contributed by atoms with Gasteiger partial charge in [0, 0.05) is 25.0 Å². The van der Waals surface area contributed by atoms with Crippen molar-refractivity contribution < 1.29 is 29.0 Å². The Kier molecular flexibility index (Phi) is 8.30. The van der Waals surface area contributed by atoms with Gasteiger partial charge in [-0.3, -0.25) is 4.79 Å². The number of carbonyl (C=O) groups is 3. The van der Waals surface area contributed by atoms with Crippen LogP contribution in [0.5, 0.6) is 0 Å². The highest BCUT2D eigenvalue weighted by Crippen LogP contribution is 2.44. The molecule has 2 aromatic carbocycles. The number of fused-ring (bicyclic) bond motifs is 3. The molecule has 9 heteroatoms. The van der Waals surface area contributed by atoms with Crippen molar-refractivity contribution in [3.05, 3.63) is 59.7 Å². The molecule has 0 saturated carbocycles. The van der Waals surface area contributed by atoms with Crippen LogP contribution in [0.1, 0.15) is 29.9 Å². The Morgan fingerprint density at radius 3 is 2.40 bits per heavy atom. The average molecular weight is 499 g/mol. The van der Waals surface area contributed by atoms with Crippen LogP contribution in [0.25, 0.3) is 11.1 Å². The maximum absolute atomic E-state index is 12.8. The summed E-state index contributed by atoms with van der Waals surface area (Å²) in [5.74, 6) is -1.08. The second kappa shape index (κ2) is 11.6. The smallest absolute Gasteiger partial charge is 0.407 e. The maximum atomic E-state index is 12.8. The molecule has 4 rings (SSSR count). The molecule has 35 heavy (non-hydrogen) atoms. The lowest BCUT2D eigenvalue weighted by atomic mass is 9.98. The van der Waals surface area contributed by atoms with Crippen LogP contribution in [0.4, 0.5) is 4.79 Å². The van der Waals surface area contributed by atoms with Crippen molar-refractivity contribution in [2.45, 2.75) is 30.9 Å². The monoisotopic (exact) mass is 498 g/mol. The number of carbonyl (C=O) groups excluding carboxylic acids is 2. The van der Waals surface area contributed by atoms with Crippen LogP contribution in [0, 0.1) is 5.92 Å². The second-order valence-corrected chi connectivity index (χ2v) is 9.71. The van der Waals surface area contributed by atoms with E-state index in [-0.39, 0.29) is 30.9 Å². The standard InChI is InChI=1S/C26H30N2O6S/c1-35-13-11-22(24(29)27-14-16-10-12-33-23(16)25(30)31)28-26(32)34-15-21-19-8-4-2-6-17(19)18-7-3-5-9-20(18)21/h2-9,16,21-23H,10-15H2,1H3,(H,27,29)(H,28,32)(H,30,31)/t16?,22-,23?/m0/s1. The minimum atomic E-state index is -1.03. The zero-order chi connectivity index (χ0) is 24.8. The summed E-state index contributed by atoms with van der Waals surface area (Å²) < 4.78 is 10.8. The predicted molar refractivity (Wildman–Crippen MR) is 133 cm³/mol. The molecule has 1 fully saturated rings. The third-order valence-corrected chi connectivity index (χ3v) is 7.20. The van der Waals surface area contributed by atoms with Crippen molar-refractivity contribution in [2.24, 2.45) is 5.92 Å². The summed E-state index contributed by atoms with van der Waals surface area (Å²) in [4.78, 5) is 36.8. The fraction of sp³-hybridized carbons (Fsp3) is 0.423. The fourth-order valence-corrected chi connectivity index (χ4v) is 5.23. The first-order valence-electron chi connectivity index (χ1n) is 11.7. The number of rotatable bonds is 10. The average Bonchev–Trinajstić information content (AvgIpc) is 3.47. The Labute approximate surface area is 208 Å². The summed E-state index contributed by atoms with van der Waals surface area (Å²) in [6.45, 7) is 0.694. The van der Waals surface area contributed by atoms with Crippen LogP contribution in [-0.2, 0) is 19.1 Å². The molecule has 3 N–H and O–H groups in total. The van der Waals surface area contributed by atoms with Crippen LogP contribution in [0.15, 0.2) is 48.5 Å². The van der Waals surface area contributed by atoms with E-state index >= 15 is 0 Å². The van der Waals surface area contributed by atoms with Crippen molar-refractivity contribution in [3.8, 4) is 11.1 Å². The molecule has 1 aliphatic carbocycles. The molecule has 2 aliphatic rings. The number of carboxylic acid groups (broad SMARTS) is 1. The van der Waals surface area contributed by atoms with E-state index in [0.717, 1.165) is 22.3 Å². The minimum Gasteiger partial charge on any atom is -0.479 e. The van der Waals surface area contributed by atoms with E-state index in [1.165, 1.54) is 0 Å². The summed E-state index contributed by atoms with van der Waals surface area (Å²) in [5, 5.41) is 14.7. The molecule has 2 amide bonds. The van der Waals surface area contributed by atoms with Crippen LogP contribution >= 0.6 is 11.8 Å². The normalized spacial score (nSPS) is 19.5. The second-order valence-electron chi connectivity index (χ2n) is 8.73. The molecular formula is C26H30N2O6S. The predicted octanol–water partition coefficient (Wildman–Crippen LogP) is 3.25. The van der Waals surface area contributed by atoms with Gasteiger partial charge in [0.2, 0.25) is 5.91 Å². The Balaban J connectivity index is 1.35. The van der Waals surface area contributed by atoms with Gasteiger partial charge >= 0.3 is 12.1 Å². The fourth-order valence-electron chi connectivity index (χ4n) is 4.76. The summed E-state index contributed by atoms with van der Waals surface area (Å²) >= 11 is 1.57. The SMILES string of the molecule is CSCC[C@H](NC(=O)OCC1c2ccccc2-c2ccccc21)C(=O)NCC1CCOC1C(=O)O. The van der Waals surface area contributed by atoms with Gasteiger partial charge < -0.3 is 25.2 Å². The molecule has 1 saturated heterocycles. The largest absolute Gasteiger partial charge is 0.479 e. The summed E-state index contributed by atoms with van der Waals surface area (Å²) in [5.41, 5.74) is 4.52. The maximum Gasteiger partial charge on any atom is 0.407 e. The number of carboxylic acids is 1. The number of hydrogen-bond donors (Lipinski definition) is 3. The van der Waals surface area contributed by atoms with Crippen molar-refractivity contribution in [3.63, 3.8) is 0 Å². The number of ether oxygens (including phenoxy) is 2. The third kappa shape index (κ3) is 5.79. The molecule has 1 aliphatic heterocycles. The van der Waals surface area contributed by atoms with Crippen LogP contribution in [0.2, 0.25) is 0 Å². The van der Waals surface area contributed by atoms with Crippen LogP contribution < -0.4 is 10.6 Å². The molecule has 2 unspecified atom stereocenters. The van der Waals surface area contributed by atoms with E-state index in [4.69, 9.17) is 9.47 Å². The third-order valence-electron chi connectivity index (χ3n) is 6.56. The molecule has 0 spiro atoms. The van der Waals surface area contributed by atoms with Gasteiger partial charge in [0.25, 0.3) is 0 Å². The number of thioether (sulfide) groups is 1. The van der Waals surface area contributed by atoms with Crippen LogP contribution in [-0.4, -0.2) is 67.0 Å². The summed E-state index contributed by atoms with van der Waals surface area (Å²) in [7, 11) is 0. The van der Waals surface area contributed by atoms with Gasteiger partial charge in [-0.05, 0) is 47.1 Å². The molecule has 0 radical (unpaired) electrons. The van der Waals surface area contributed by atoms with Gasteiger partial charge in [-0.2, -0.15) is 11.8 Å². The van der Waals surface area contributed by atoms with Crippen molar-refractivity contribution in [1.29, 1.82) is 0 Å². The van der Waals surface area contributed by atoms with Gasteiger partial charge in [0.15, 0.2) is 6.10 Å². The first kappa shape index (κ1) is 25.1. The number of aliphatic carboxylic acids is 1. The zero-order valence-corrected chi connectivity index (χ0v) is 20.4. The van der Waals surface area contributed by atoms with E-state index in [9.17, 15) is 19.5 Å². The lowest BCUT2D eigenvalue weighted by molar-refractivity contribution is -0.149. The summed E-state index contributed by atoms with van der Waals surface area (Å²) in [6, 6.07) is 15.4. The lowest BCUT2D eigenvalue weighted by Gasteiger charge is -2.21. The summed E-state index contributed by atoms with van der Waals surface area (Å²) in [6.07, 6.45) is 1.35. The number of nitrogens with one attached hydrogen (secondary N) is 2. The quantitative estimate of drug-likeness (QED) is 0.461. The molecule has 186 valence electrons. The molecule has 8 nitrogen and oxygen atoms in total. The van der Waals surface area contributed by atoms with E-state index in [1.807, 2.05) is 42.7 Å². The van der Waals surface area contributed by atoms with Gasteiger partial charge in [-0.1, -0.05) is 48.5 Å². The Hall–Kier alpha value is -3.04. The van der Waals surface area contributed by atoms with Crippen LogP contribution in [0.3, 0.4) is 0 Å². The molecule has 0 bridgehead atoms. The van der Waals surface area contributed by atoms with Gasteiger partial charge in [0.05, 0.1) is 0 Å². The molecule has 2 aromatic rings. The van der Waals surface area contributed by atoms with Gasteiger partial charge in [-0.15, -0.1) is 0 Å². The van der Waals surface area contributed by atoms with Crippen molar-refractivity contribution in [2.75, 3.05) is 31.8 Å². The van der Waals surface area contributed by atoms with E-state index in [2.05, 4.69) is 22.8 Å². The highest BCUT2D eigenvalue weighted by Gasteiger charge is 2.35. The van der Waals surface area contributed by atoms with E-state index < -0.39 is 24.2 Å². The molecular weight excluding hydrogens is 468 g/mol. The zero-order valence-electron chi connectivity index (χ0n) is 19.6. The van der Waals surface area contributed by atoms with E-state index in [1.54, 1.807) is 11.8 Å². The topological polar surface area (TPSA) is 114 Å². The molecule has 1 heterocycles. The number of alkyl carbamates (subject to hydrolysis) is 1. The van der Waals surface area contributed by atoms with Gasteiger partial charge in [-0.25, -0.2) is 9.59 Å². The minimum absolute atomic E-state index is 0.0676. The Bertz CT molecular complexity index is 1030. The number of hydrogen-bond acceptors (Lipinski definition) is 6. The van der Waals surface area contributed by atoms with Crippen molar-refractivity contribution in [1.82, 2.24) is 10.6 Å². The van der Waals surface area contributed by atoms with Gasteiger partial charge in [0.1, 0.15) is 12.6 Å². The Morgan fingerprint density at radius 1 is 1.11 bits per heavy atom. The first-order valence-corrected chi connectivity index (χ1v) is 13.1. The first-order chi connectivity index (χ1) is 17.0. The van der Waals surface area contributed by atoms with Crippen molar-refractivity contribution >= 4 is 29.7 Å². The molecule has 0 aromatic heterocycles.